The van der Waals surface area contributed by atoms with Crippen molar-refractivity contribution in [2.75, 3.05) is 5.32 Å². The Morgan fingerprint density at radius 1 is 1.42 bits per heavy atom. The molecule has 0 unspecified atom stereocenters. The van der Waals surface area contributed by atoms with Crippen LogP contribution in [0.1, 0.15) is 25.6 Å². The highest BCUT2D eigenvalue weighted by atomic mass is 16.1. The number of carbonyl (C=O) groups excluding carboxylic acids is 1. The van der Waals surface area contributed by atoms with Gasteiger partial charge in [-0.2, -0.15) is 0 Å². The van der Waals surface area contributed by atoms with Crippen LogP contribution in [0, 0.1) is 6.92 Å². The normalized spacial score (nSPS) is 10.6. The molecule has 2 aromatic heterocycles. The Bertz CT molecular complexity index is 545. The maximum absolute atomic E-state index is 11.7. The lowest BCUT2D eigenvalue weighted by atomic mass is 10.4. The van der Waals surface area contributed by atoms with E-state index in [1.54, 1.807) is 22.6 Å². The number of aryl methyl sites for hydroxylation is 3. The summed E-state index contributed by atoms with van der Waals surface area (Å²) >= 11 is 0. The zero-order valence-electron chi connectivity index (χ0n) is 10.9. The molecule has 0 fully saturated rings. The van der Waals surface area contributed by atoms with Crippen molar-refractivity contribution in [3.05, 3.63) is 12.2 Å². The Morgan fingerprint density at radius 2 is 2.26 bits per heavy atom. The third-order valence-corrected chi connectivity index (χ3v) is 2.50. The van der Waals surface area contributed by atoms with E-state index >= 15 is 0 Å². The van der Waals surface area contributed by atoms with E-state index in [9.17, 15) is 4.79 Å². The van der Waals surface area contributed by atoms with Gasteiger partial charge >= 0.3 is 0 Å². The summed E-state index contributed by atoms with van der Waals surface area (Å²) in [7, 11) is 0. The molecule has 9 nitrogen and oxygen atoms in total. The summed E-state index contributed by atoms with van der Waals surface area (Å²) in [6.07, 6.45) is 2.84. The molecule has 0 radical (unpaired) electrons. The highest BCUT2D eigenvalue weighted by molar-refractivity contribution is 5.88. The number of hydrogen-bond donors (Lipinski definition) is 1. The van der Waals surface area contributed by atoms with Crippen molar-refractivity contribution in [3.8, 4) is 0 Å². The van der Waals surface area contributed by atoms with Crippen LogP contribution >= 0.6 is 0 Å². The molecule has 0 spiro atoms. The lowest BCUT2D eigenvalue weighted by Gasteiger charge is -2.02. The SMILES string of the molecule is CCCn1cnc(NC(=O)CCn2nnnc2C)n1. The minimum Gasteiger partial charge on any atom is -0.293 e. The average molecular weight is 264 g/mol. The van der Waals surface area contributed by atoms with Gasteiger partial charge in [0.05, 0.1) is 6.54 Å². The third-order valence-electron chi connectivity index (χ3n) is 2.50. The van der Waals surface area contributed by atoms with Crippen molar-refractivity contribution in [2.45, 2.75) is 39.8 Å². The summed E-state index contributed by atoms with van der Waals surface area (Å²) in [6.45, 7) is 5.05. The lowest BCUT2D eigenvalue weighted by molar-refractivity contribution is -0.116. The quantitative estimate of drug-likeness (QED) is 0.788. The maximum Gasteiger partial charge on any atom is 0.248 e. The van der Waals surface area contributed by atoms with Crippen LogP contribution in [0.3, 0.4) is 0 Å². The fraction of sp³-hybridized carbons (Fsp3) is 0.600. The van der Waals surface area contributed by atoms with Gasteiger partial charge in [-0.3, -0.25) is 14.8 Å². The molecule has 1 amide bonds. The van der Waals surface area contributed by atoms with Crippen LogP contribution in [0.25, 0.3) is 0 Å². The number of nitrogens with one attached hydrogen (secondary N) is 1. The van der Waals surface area contributed by atoms with Gasteiger partial charge in [-0.1, -0.05) is 6.92 Å². The Balaban J connectivity index is 1.82. The molecular weight excluding hydrogens is 248 g/mol. The second kappa shape index (κ2) is 6.03. The van der Waals surface area contributed by atoms with Gasteiger partial charge in [0.15, 0.2) is 0 Å². The number of tetrazole rings is 1. The molecule has 0 aliphatic carbocycles. The maximum atomic E-state index is 11.7. The summed E-state index contributed by atoms with van der Waals surface area (Å²) in [5.41, 5.74) is 0. The topological polar surface area (TPSA) is 103 Å². The Kier molecular flexibility index (Phi) is 4.16. The van der Waals surface area contributed by atoms with Gasteiger partial charge in [0.25, 0.3) is 0 Å². The molecule has 9 heteroatoms. The van der Waals surface area contributed by atoms with E-state index in [2.05, 4.69) is 37.8 Å². The number of aromatic nitrogens is 7. The smallest absolute Gasteiger partial charge is 0.248 e. The first kappa shape index (κ1) is 13.1. The van der Waals surface area contributed by atoms with Gasteiger partial charge in [0, 0.05) is 13.0 Å². The summed E-state index contributed by atoms with van der Waals surface area (Å²) in [6, 6.07) is 0. The van der Waals surface area contributed by atoms with Crippen molar-refractivity contribution in [1.29, 1.82) is 0 Å². The van der Waals surface area contributed by atoms with Gasteiger partial charge in [-0.25, -0.2) is 9.67 Å². The zero-order valence-corrected chi connectivity index (χ0v) is 10.9. The first-order chi connectivity index (χ1) is 9.19. The number of nitrogens with zero attached hydrogens (tertiary/aromatic N) is 7. The van der Waals surface area contributed by atoms with Crippen LogP contribution in [-0.4, -0.2) is 40.9 Å². The van der Waals surface area contributed by atoms with Crippen molar-refractivity contribution in [2.24, 2.45) is 0 Å². The first-order valence-corrected chi connectivity index (χ1v) is 6.11. The van der Waals surface area contributed by atoms with E-state index in [4.69, 9.17) is 0 Å². The van der Waals surface area contributed by atoms with Gasteiger partial charge in [-0.05, 0) is 23.8 Å². The molecule has 0 aromatic carbocycles. The molecule has 0 bridgehead atoms. The Morgan fingerprint density at radius 3 is 2.95 bits per heavy atom. The van der Waals surface area contributed by atoms with E-state index in [-0.39, 0.29) is 12.3 Å². The highest BCUT2D eigenvalue weighted by Gasteiger charge is 2.08. The molecule has 0 aliphatic rings. The van der Waals surface area contributed by atoms with Crippen molar-refractivity contribution in [3.63, 3.8) is 0 Å². The van der Waals surface area contributed by atoms with Gasteiger partial charge in [0.1, 0.15) is 12.2 Å². The largest absolute Gasteiger partial charge is 0.293 e. The Hall–Kier alpha value is -2.32. The molecule has 102 valence electrons. The molecule has 1 N–H and O–H groups in total. The van der Waals surface area contributed by atoms with E-state index in [0.29, 0.717) is 18.3 Å². The number of rotatable bonds is 6. The number of amides is 1. The number of carbonyl (C=O) groups is 1. The number of hydrogen-bond acceptors (Lipinski definition) is 6. The lowest BCUT2D eigenvalue weighted by Crippen LogP contribution is -2.16. The predicted molar refractivity (Wildman–Crippen MR) is 66.1 cm³/mol. The average Bonchev–Trinajstić information content (AvgIpc) is 2.97. The second-order valence-electron chi connectivity index (χ2n) is 4.08. The van der Waals surface area contributed by atoms with Crippen molar-refractivity contribution in [1.82, 2.24) is 35.0 Å². The minimum absolute atomic E-state index is 0.163. The Labute approximate surface area is 110 Å². The van der Waals surface area contributed by atoms with Crippen LogP contribution in [0.4, 0.5) is 5.95 Å². The monoisotopic (exact) mass is 264 g/mol. The van der Waals surface area contributed by atoms with Crippen LogP contribution in [0.5, 0.6) is 0 Å². The predicted octanol–water partition coefficient (Wildman–Crippen LogP) is 0.0118. The summed E-state index contributed by atoms with van der Waals surface area (Å²) in [5, 5.41) is 17.8. The minimum atomic E-state index is -0.163. The molecule has 19 heavy (non-hydrogen) atoms. The fourth-order valence-electron chi connectivity index (χ4n) is 1.54. The molecule has 0 atom stereocenters. The second-order valence-corrected chi connectivity index (χ2v) is 4.08. The molecule has 0 saturated carbocycles. The molecule has 2 rings (SSSR count). The fourth-order valence-corrected chi connectivity index (χ4v) is 1.54. The van der Waals surface area contributed by atoms with E-state index in [1.807, 2.05) is 0 Å². The first-order valence-electron chi connectivity index (χ1n) is 6.11. The van der Waals surface area contributed by atoms with E-state index < -0.39 is 0 Å². The number of anilines is 1. The molecule has 2 aromatic rings. The van der Waals surface area contributed by atoms with E-state index in [1.165, 1.54) is 0 Å². The van der Waals surface area contributed by atoms with Crippen molar-refractivity contribution >= 4 is 11.9 Å². The van der Waals surface area contributed by atoms with E-state index in [0.717, 1.165) is 13.0 Å². The van der Waals surface area contributed by atoms with Gasteiger partial charge in [-0.15, -0.1) is 10.2 Å². The standard InChI is InChI=1S/C10H16N8O/c1-3-5-17-7-11-10(14-17)12-9(19)4-6-18-8(2)13-15-16-18/h7H,3-6H2,1-2H3,(H,12,14,19). The molecule has 0 saturated heterocycles. The molecular formula is C10H16N8O. The summed E-state index contributed by atoms with van der Waals surface area (Å²) < 4.78 is 3.27. The van der Waals surface area contributed by atoms with Crippen LogP contribution < -0.4 is 5.32 Å². The van der Waals surface area contributed by atoms with Crippen LogP contribution in [-0.2, 0) is 17.9 Å². The summed E-state index contributed by atoms with van der Waals surface area (Å²) in [5.74, 6) is 0.842. The van der Waals surface area contributed by atoms with Crippen LogP contribution in [0.15, 0.2) is 6.33 Å². The zero-order chi connectivity index (χ0) is 13.7. The molecule has 2 heterocycles. The summed E-state index contributed by atoms with van der Waals surface area (Å²) in [4.78, 5) is 15.7. The van der Waals surface area contributed by atoms with Gasteiger partial charge in [0.2, 0.25) is 11.9 Å². The van der Waals surface area contributed by atoms with Crippen LogP contribution in [0.2, 0.25) is 0 Å². The third kappa shape index (κ3) is 3.57. The molecule has 0 aliphatic heterocycles. The highest BCUT2D eigenvalue weighted by Crippen LogP contribution is 2.00. The van der Waals surface area contributed by atoms with Gasteiger partial charge < -0.3 is 0 Å². The van der Waals surface area contributed by atoms with Crippen molar-refractivity contribution < 1.29 is 4.79 Å².